The van der Waals surface area contributed by atoms with E-state index in [9.17, 15) is 0 Å². The maximum absolute atomic E-state index is 4.96. The molecule has 0 saturated carbocycles. The van der Waals surface area contributed by atoms with Crippen LogP contribution >= 0.6 is 0 Å². The van der Waals surface area contributed by atoms with Crippen molar-refractivity contribution in [3.8, 4) is 0 Å². The zero-order chi connectivity index (χ0) is 14.9. The molecule has 0 fully saturated rings. The quantitative estimate of drug-likeness (QED) is 0.462. The van der Waals surface area contributed by atoms with Gasteiger partial charge < -0.3 is 0 Å². The summed E-state index contributed by atoms with van der Waals surface area (Å²) in [7, 11) is 0. The first-order valence-electron chi connectivity index (χ1n) is 7.63. The summed E-state index contributed by atoms with van der Waals surface area (Å²) >= 11 is 0. The van der Waals surface area contributed by atoms with Gasteiger partial charge in [-0.2, -0.15) is 0 Å². The maximum atomic E-state index is 4.96. The molecule has 0 N–H and O–H groups in total. The van der Waals surface area contributed by atoms with Crippen LogP contribution in [0.25, 0.3) is 0 Å². The van der Waals surface area contributed by atoms with Crippen LogP contribution in [0.3, 0.4) is 0 Å². The molecule has 0 spiro atoms. The van der Waals surface area contributed by atoms with Gasteiger partial charge in [0, 0.05) is 11.1 Å². The van der Waals surface area contributed by atoms with Crippen LogP contribution in [0.1, 0.15) is 27.8 Å². The van der Waals surface area contributed by atoms with Crippen LogP contribution in [-0.2, 0) is 6.42 Å². The van der Waals surface area contributed by atoms with Crippen LogP contribution in [0.2, 0.25) is 0 Å². The normalized spacial score (nSPS) is 12.5. The lowest BCUT2D eigenvalue weighted by atomic mass is 9.84. The molecule has 3 aromatic rings. The van der Waals surface area contributed by atoms with Crippen molar-refractivity contribution in [1.29, 1.82) is 0 Å². The van der Waals surface area contributed by atoms with E-state index in [1.165, 1.54) is 27.8 Å². The Kier molecular flexibility index (Phi) is 3.12. The van der Waals surface area contributed by atoms with Gasteiger partial charge in [0.25, 0.3) is 0 Å². The SMILES string of the molecule is Cc1ccc(N=C2c3ccccc3Cc3ccccc32)cc1. The Morgan fingerprint density at radius 3 is 1.82 bits per heavy atom. The van der Waals surface area contributed by atoms with E-state index >= 15 is 0 Å². The third-order valence-corrected chi connectivity index (χ3v) is 4.20. The predicted molar refractivity (Wildman–Crippen MR) is 92.2 cm³/mol. The molecule has 3 aromatic carbocycles. The number of hydrogen-bond donors (Lipinski definition) is 0. The molecule has 1 aliphatic rings. The molecule has 0 amide bonds. The predicted octanol–water partition coefficient (Wildman–Crippen LogP) is 5.07. The molecule has 0 atom stereocenters. The molecule has 22 heavy (non-hydrogen) atoms. The van der Waals surface area contributed by atoms with Gasteiger partial charge in [-0.3, -0.25) is 0 Å². The second-order valence-electron chi connectivity index (χ2n) is 5.79. The zero-order valence-corrected chi connectivity index (χ0v) is 12.6. The summed E-state index contributed by atoms with van der Waals surface area (Å²) in [6, 6.07) is 25.6. The van der Waals surface area contributed by atoms with Gasteiger partial charge in [-0.25, -0.2) is 4.99 Å². The number of aryl methyl sites for hydroxylation is 1. The van der Waals surface area contributed by atoms with Gasteiger partial charge >= 0.3 is 0 Å². The van der Waals surface area contributed by atoms with E-state index in [1.54, 1.807) is 0 Å². The van der Waals surface area contributed by atoms with E-state index < -0.39 is 0 Å². The number of fused-ring (bicyclic) bond motifs is 2. The van der Waals surface area contributed by atoms with Crippen molar-refractivity contribution in [3.05, 3.63) is 101 Å². The lowest BCUT2D eigenvalue weighted by Crippen LogP contribution is -2.15. The van der Waals surface area contributed by atoms with E-state index in [1.807, 2.05) is 0 Å². The summed E-state index contributed by atoms with van der Waals surface area (Å²) < 4.78 is 0. The average molecular weight is 283 g/mol. The Labute approximate surface area is 131 Å². The van der Waals surface area contributed by atoms with Gasteiger partial charge in [-0.05, 0) is 36.6 Å². The first-order chi connectivity index (χ1) is 10.8. The Hall–Kier alpha value is -2.67. The van der Waals surface area contributed by atoms with Crippen molar-refractivity contribution in [2.24, 2.45) is 4.99 Å². The van der Waals surface area contributed by atoms with Crippen LogP contribution in [-0.4, -0.2) is 5.71 Å². The highest BCUT2D eigenvalue weighted by molar-refractivity contribution is 6.16. The minimum Gasteiger partial charge on any atom is -0.248 e. The van der Waals surface area contributed by atoms with Gasteiger partial charge in [0.1, 0.15) is 0 Å². The van der Waals surface area contributed by atoms with Crippen molar-refractivity contribution < 1.29 is 0 Å². The molecule has 0 aromatic heterocycles. The van der Waals surface area contributed by atoms with E-state index in [2.05, 4.69) is 79.7 Å². The standard InChI is InChI=1S/C21H17N/c1-15-10-12-18(13-11-15)22-21-19-8-4-2-6-16(19)14-17-7-3-5-9-20(17)21/h2-13H,14H2,1H3. The monoisotopic (exact) mass is 283 g/mol. The van der Waals surface area contributed by atoms with Crippen LogP contribution in [0.4, 0.5) is 5.69 Å². The van der Waals surface area contributed by atoms with Gasteiger partial charge in [0.05, 0.1) is 11.4 Å². The van der Waals surface area contributed by atoms with Crippen LogP contribution in [0.5, 0.6) is 0 Å². The smallest absolute Gasteiger partial charge is 0.0787 e. The second-order valence-corrected chi connectivity index (χ2v) is 5.79. The van der Waals surface area contributed by atoms with Crippen LogP contribution in [0.15, 0.2) is 77.8 Å². The third kappa shape index (κ3) is 2.25. The fourth-order valence-electron chi connectivity index (χ4n) is 3.03. The fourth-order valence-corrected chi connectivity index (χ4v) is 3.03. The average Bonchev–Trinajstić information content (AvgIpc) is 2.56. The summed E-state index contributed by atoms with van der Waals surface area (Å²) in [5.41, 5.74) is 8.56. The highest BCUT2D eigenvalue weighted by Crippen LogP contribution is 2.29. The Bertz CT molecular complexity index is 810. The number of aliphatic imine (C=N–C) groups is 1. The highest BCUT2D eigenvalue weighted by Gasteiger charge is 2.20. The number of hydrogen-bond acceptors (Lipinski definition) is 1. The molecule has 0 heterocycles. The Balaban J connectivity index is 1.93. The maximum Gasteiger partial charge on any atom is 0.0787 e. The molecule has 1 aliphatic carbocycles. The largest absolute Gasteiger partial charge is 0.248 e. The van der Waals surface area contributed by atoms with Crippen molar-refractivity contribution >= 4 is 11.4 Å². The molecule has 0 aliphatic heterocycles. The molecule has 0 saturated heterocycles. The third-order valence-electron chi connectivity index (χ3n) is 4.20. The molecule has 106 valence electrons. The lowest BCUT2D eigenvalue weighted by Gasteiger charge is -2.21. The van der Waals surface area contributed by atoms with Gasteiger partial charge in [0.2, 0.25) is 0 Å². The van der Waals surface area contributed by atoms with Gasteiger partial charge in [-0.15, -0.1) is 0 Å². The number of benzene rings is 3. The minimum atomic E-state index is 0.985. The summed E-state index contributed by atoms with van der Waals surface area (Å²) in [5.74, 6) is 0. The van der Waals surface area contributed by atoms with Crippen molar-refractivity contribution in [3.63, 3.8) is 0 Å². The van der Waals surface area contributed by atoms with Gasteiger partial charge in [-0.1, -0.05) is 66.2 Å². The van der Waals surface area contributed by atoms with Crippen molar-refractivity contribution in [2.75, 3.05) is 0 Å². The molecule has 4 rings (SSSR count). The first-order valence-corrected chi connectivity index (χ1v) is 7.63. The number of rotatable bonds is 1. The first kappa shape index (κ1) is 13.0. The summed E-state index contributed by atoms with van der Waals surface area (Å²) in [4.78, 5) is 4.96. The second kappa shape index (κ2) is 5.27. The van der Waals surface area contributed by atoms with E-state index in [0.29, 0.717) is 0 Å². The van der Waals surface area contributed by atoms with E-state index in [4.69, 9.17) is 4.99 Å². The van der Waals surface area contributed by atoms with Gasteiger partial charge in [0.15, 0.2) is 0 Å². The van der Waals surface area contributed by atoms with E-state index in [-0.39, 0.29) is 0 Å². The van der Waals surface area contributed by atoms with Crippen LogP contribution in [0, 0.1) is 6.92 Å². The minimum absolute atomic E-state index is 0.985. The molecule has 1 heteroatoms. The summed E-state index contributed by atoms with van der Waals surface area (Å²) in [6.45, 7) is 2.10. The molecular weight excluding hydrogens is 266 g/mol. The molecule has 0 unspecified atom stereocenters. The topological polar surface area (TPSA) is 12.4 Å². The van der Waals surface area contributed by atoms with Crippen LogP contribution < -0.4 is 0 Å². The summed E-state index contributed by atoms with van der Waals surface area (Å²) in [6.07, 6.45) is 0.985. The van der Waals surface area contributed by atoms with E-state index in [0.717, 1.165) is 17.8 Å². The molecule has 0 radical (unpaired) electrons. The zero-order valence-electron chi connectivity index (χ0n) is 12.6. The Morgan fingerprint density at radius 1 is 0.682 bits per heavy atom. The molecule has 1 nitrogen and oxygen atoms in total. The Morgan fingerprint density at radius 2 is 1.23 bits per heavy atom. The molecular formula is C21H17N. The lowest BCUT2D eigenvalue weighted by molar-refractivity contribution is 1.15. The molecule has 0 bridgehead atoms. The highest BCUT2D eigenvalue weighted by atomic mass is 14.8. The fraction of sp³-hybridized carbons (Fsp3) is 0.0952. The summed E-state index contributed by atoms with van der Waals surface area (Å²) in [5, 5.41) is 0. The number of nitrogens with zero attached hydrogens (tertiary/aromatic N) is 1. The van der Waals surface area contributed by atoms with Crippen molar-refractivity contribution in [1.82, 2.24) is 0 Å². The van der Waals surface area contributed by atoms with Crippen molar-refractivity contribution in [2.45, 2.75) is 13.3 Å².